The number of rotatable bonds is 5. The molecule has 15 heavy (non-hydrogen) atoms. The largest absolute Gasteiger partial charge is 0.481 e. The van der Waals surface area contributed by atoms with E-state index in [0.717, 1.165) is 17.5 Å². The summed E-state index contributed by atoms with van der Waals surface area (Å²) in [6.07, 6.45) is 1.08. The van der Waals surface area contributed by atoms with Crippen LogP contribution in [-0.4, -0.2) is 27.0 Å². The summed E-state index contributed by atoms with van der Waals surface area (Å²) in [6.45, 7) is 1.67. The summed E-state index contributed by atoms with van der Waals surface area (Å²) in [4.78, 5) is 23.9. The molecule has 1 rings (SSSR count). The molecule has 0 aliphatic carbocycles. The molecule has 0 amide bonds. The Labute approximate surface area is 88.9 Å². The molecule has 0 saturated carbocycles. The molecule has 0 radical (unpaired) electrons. The van der Waals surface area contributed by atoms with Crippen molar-refractivity contribution in [1.82, 2.24) is 4.98 Å². The summed E-state index contributed by atoms with van der Waals surface area (Å²) in [7, 11) is 0. The lowest BCUT2D eigenvalue weighted by Gasteiger charge is -2.08. The number of nitrogens with one attached hydrogen (secondary N) is 1. The van der Waals surface area contributed by atoms with Gasteiger partial charge in [-0.3, -0.25) is 14.9 Å². The van der Waals surface area contributed by atoms with E-state index in [1.807, 2.05) is 0 Å². The first kappa shape index (κ1) is 11.4. The maximum absolute atomic E-state index is 10.3. The molecule has 0 aliphatic rings. The Morgan fingerprint density at radius 3 is 3.00 bits per heavy atom. The van der Waals surface area contributed by atoms with Crippen molar-refractivity contribution in [2.24, 2.45) is 0 Å². The number of aliphatic carboxylic acids is 1. The molecule has 1 atom stereocenters. The number of carbonyl (C=O) groups is 1. The molecule has 7 nitrogen and oxygen atoms in total. The van der Waals surface area contributed by atoms with Crippen LogP contribution in [0.25, 0.3) is 0 Å². The van der Waals surface area contributed by atoms with E-state index < -0.39 is 10.9 Å². The number of carboxylic acids is 1. The van der Waals surface area contributed by atoms with Gasteiger partial charge in [0.1, 0.15) is 6.20 Å². The molecule has 1 aromatic heterocycles. The van der Waals surface area contributed by atoms with Crippen LogP contribution in [0.4, 0.5) is 10.1 Å². The van der Waals surface area contributed by atoms with Crippen LogP contribution in [0.1, 0.15) is 13.3 Å². The van der Waals surface area contributed by atoms with Gasteiger partial charge in [0, 0.05) is 6.04 Å². The van der Waals surface area contributed by atoms with E-state index in [2.05, 4.69) is 10.3 Å². The normalized spacial score (nSPS) is 12.1. The van der Waals surface area contributed by atoms with Gasteiger partial charge in [0.05, 0.1) is 11.3 Å². The third-order valence-electron chi connectivity index (χ3n) is 1.52. The lowest BCUT2D eigenvalue weighted by Crippen LogP contribution is -2.18. The first-order chi connectivity index (χ1) is 6.99. The van der Waals surface area contributed by atoms with Gasteiger partial charge in [0.15, 0.2) is 5.13 Å². The lowest BCUT2D eigenvalue weighted by atomic mass is 10.2. The fraction of sp³-hybridized carbons (Fsp3) is 0.429. The van der Waals surface area contributed by atoms with E-state index in [1.165, 1.54) is 0 Å². The number of anilines is 1. The average Bonchev–Trinajstić information content (AvgIpc) is 2.50. The fourth-order valence-electron chi connectivity index (χ4n) is 0.940. The molecule has 0 spiro atoms. The highest BCUT2D eigenvalue weighted by Gasteiger charge is 2.14. The summed E-state index contributed by atoms with van der Waals surface area (Å²) in [5.74, 6) is -0.930. The van der Waals surface area contributed by atoms with Crippen LogP contribution in [0.3, 0.4) is 0 Å². The third-order valence-corrected chi connectivity index (χ3v) is 2.40. The average molecular weight is 231 g/mol. The van der Waals surface area contributed by atoms with E-state index in [9.17, 15) is 14.9 Å². The second-order valence-corrected chi connectivity index (χ2v) is 3.91. The first-order valence-electron chi connectivity index (χ1n) is 4.07. The molecular formula is C7H9N3O4S. The molecule has 1 aromatic rings. The Kier molecular flexibility index (Phi) is 3.56. The zero-order chi connectivity index (χ0) is 11.4. The minimum absolute atomic E-state index is 0.0621. The first-order valence-corrected chi connectivity index (χ1v) is 4.89. The van der Waals surface area contributed by atoms with Crippen molar-refractivity contribution in [3.63, 3.8) is 0 Å². The summed E-state index contributed by atoms with van der Waals surface area (Å²) < 4.78 is 0. The Morgan fingerprint density at radius 1 is 1.87 bits per heavy atom. The van der Waals surface area contributed by atoms with Gasteiger partial charge >= 0.3 is 11.0 Å². The quantitative estimate of drug-likeness (QED) is 0.585. The molecule has 0 fully saturated rings. The molecule has 0 saturated heterocycles. The van der Waals surface area contributed by atoms with Gasteiger partial charge in [0.25, 0.3) is 0 Å². The molecule has 1 unspecified atom stereocenters. The molecule has 0 aromatic carbocycles. The van der Waals surface area contributed by atoms with E-state index in [1.54, 1.807) is 6.92 Å². The number of nitro groups is 1. The van der Waals surface area contributed by atoms with Crippen molar-refractivity contribution in [3.05, 3.63) is 16.3 Å². The maximum Gasteiger partial charge on any atom is 0.345 e. The SMILES string of the molecule is CC(CC(=O)O)Nc1ncc([N+](=O)[O-])s1. The highest BCUT2D eigenvalue weighted by Crippen LogP contribution is 2.25. The van der Waals surface area contributed by atoms with E-state index in [0.29, 0.717) is 5.13 Å². The number of aromatic nitrogens is 1. The summed E-state index contributed by atoms with van der Waals surface area (Å²) in [5, 5.41) is 21.9. The Balaban J connectivity index is 2.57. The fourth-order valence-corrected chi connectivity index (χ4v) is 1.68. The smallest absolute Gasteiger partial charge is 0.345 e. The van der Waals surface area contributed by atoms with Gasteiger partial charge in [-0.15, -0.1) is 0 Å². The van der Waals surface area contributed by atoms with Crippen molar-refractivity contribution in [2.75, 3.05) is 5.32 Å². The van der Waals surface area contributed by atoms with Crippen LogP contribution in [0.15, 0.2) is 6.20 Å². The maximum atomic E-state index is 10.3. The number of thiazole rings is 1. The number of hydrogen-bond acceptors (Lipinski definition) is 6. The van der Waals surface area contributed by atoms with Crippen LogP contribution < -0.4 is 5.32 Å². The Bertz CT molecular complexity index is 378. The van der Waals surface area contributed by atoms with Crippen LogP contribution >= 0.6 is 11.3 Å². The highest BCUT2D eigenvalue weighted by atomic mass is 32.1. The zero-order valence-corrected chi connectivity index (χ0v) is 8.65. The van der Waals surface area contributed by atoms with Crippen molar-refractivity contribution in [2.45, 2.75) is 19.4 Å². The van der Waals surface area contributed by atoms with Crippen molar-refractivity contribution >= 4 is 27.4 Å². The number of carboxylic acid groups (broad SMARTS) is 1. The van der Waals surface area contributed by atoms with Crippen LogP contribution in [0, 0.1) is 10.1 Å². The predicted octanol–water partition coefficient (Wildman–Crippen LogP) is 1.33. The minimum Gasteiger partial charge on any atom is -0.481 e. The van der Waals surface area contributed by atoms with Gasteiger partial charge in [-0.25, -0.2) is 4.98 Å². The van der Waals surface area contributed by atoms with Crippen molar-refractivity contribution in [3.8, 4) is 0 Å². The standard InChI is InChI=1S/C7H9N3O4S/c1-4(2-6(11)12)9-7-8-3-5(15-7)10(13)14/h3-4H,2H2,1H3,(H,8,9)(H,11,12). The van der Waals surface area contributed by atoms with Crippen molar-refractivity contribution in [1.29, 1.82) is 0 Å². The van der Waals surface area contributed by atoms with Gasteiger partial charge in [-0.1, -0.05) is 0 Å². The third kappa shape index (κ3) is 3.50. The van der Waals surface area contributed by atoms with Gasteiger partial charge in [-0.05, 0) is 18.3 Å². The Hall–Kier alpha value is -1.70. The molecule has 8 heteroatoms. The molecule has 82 valence electrons. The molecule has 0 aliphatic heterocycles. The topological polar surface area (TPSA) is 105 Å². The lowest BCUT2D eigenvalue weighted by molar-refractivity contribution is -0.380. The molecule has 1 heterocycles. The van der Waals surface area contributed by atoms with E-state index in [-0.39, 0.29) is 17.5 Å². The van der Waals surface area contributed by atoms with Gasteiger partial charge in [0.2, 0.25) is 0 Å². The number of nitrogens with zero attached hydrogens (tertiary/aromatic N) is 2. The monoisotopic (exact) mass is 231 g/mol. The molecular weight excluding hydrogens is 222 g/mol. The summed E-state index contributed by atoms with van der Waals surface area (Å²) in [5.41, 5.74) is 0. The van der Waals surface area contributed by atoms with E-state index >= 15 is 0 Å². The van der Waals surface area contributed by atoms with E-state index in [4.69, 9.17) is 5.11 Å². The highest BCUT2D eigenvalue weighted by molar-refractivity contribution is 7.18. The van der Waals surface area contributed by atoms with Gasteiger partial charge in [-0.2, -0.15) is 0 Å². The Morgan fingerprint density at radius 2 is 2.53 bits per heavy atom. The van der Waals surface area contributed by atoms with Crippen LogP contribution in [-0.2, 0) is 4.79 Å². The van der Waals surface area contributed by atoms with Gasteiger partial charge < -0.3 is 10.4 Å². The minimum atomic E-state index is -0.930. The second kappa shape index (κ2) is 4.69. The van der Waals surface area contributed by atoms with Crippen LogP contribution in [0.5, 0.6) is 0 Å². The zero-order valence-electron chi connectivity index (χ0n) is 7.84. The molecule has 0 bridgehead atoms. The number of hydrogen-bond donors (Lipinski definition) is 2. The van der Waals surface area contributed by atoms with Crippen molar-refractivity contribution < 1.29 is 14.8 Å². The second-order valence-electron chi connectivity index (χ2n) is 2.90. The van der Waals surface area contributed by atoms with Crippen LogP contribution in [0.2, 0.25) is 0 Å². The summed E-state index contributed by atoms with van der Waals surface area (Å²) in [6, 6.07) is -0.312. The predicted molar refractivity (Wildman–Crippen MR) is 54.1 cm³/mol. The molecule has 2 N–H and O–H groups in total. The summed E-state index contributed by atoms with van der Waals surface area (Å²) >= 11 is 0.882.